The lowest BCUT2D eigenvalue weighted by atomic mass is 9.89. The van der Waals surface area contributed by atoms with E-state index in [1.165, 1.54) is 86.3 Å². The average molecular weight is 511 g/mol. The first kappa shape index (κ1) is 21.4. The first-order valence-corrected chi connectivity index (χ1v) is 14.2. The lowest BCUT2D eigenvalue weighted by Crippen LogP contribution is -1.93. The molecule has 0 spiro atoms. The largest absolute Gasteiger partial charge is 0.0888 e. The number of rotatable bonds is 2. The Kier molecular flexibility index (Phi) is 4.36. The van der Waals surface area contributed by atoms with E-state index in [0.29, 0.717) is 0 Å². The minimum Gasteiger partial charge on any atom is -0.0888 e. The van der Waals surface area contributed by atoms with Gasteiger partial charge in [-0.15, -0.1) is 0 Å². The summed E-state index contributed by atoms with van der Waals surface area (Å²) >= 11 is 1.89. The summed E-state index contributed by atoms with van der Waals surface area (Å²) in [5.74, 6) is 0. The van der Waals surface area contributed by atoms with Crippen LogP contribution in [0, 0.1) is 0 Å². The van der Waals surface area contributed by atoms with Gasteiger partial charge in [0.25, 0.3) is 0 Å². The molecule has 1 heterocycles. The van der Waals surface area contributed by atoms with Gasteiger partial charge in [0.05, 0.1) is 0 Å². The summed E-state index contributed by atoms with van der Waals surface area (Å²) in [5, 5.41) is 10.6. The molecule has 0 saturated carbocycles. The molecule has 0 nitrogen and oxygen atoms in total. The third kappa shape index (κ3) is 3.08. The molecule has 8 aromatic rings. The van der Waals surface area contributed by atoms with Gasteiger partial charge in [0.2, 0.25) is 0 Å². The third-order valence-electron chi connectivity index (χ3n) is 8.37. The first-order chi connectivity index (χ1) is 19.3. The van der Waals surface area contributed by atoms with Crippen LogP contribution in [-0.4, -0.2) is 0 Å². The predicted octanol–water partition coefficient (Wildman–Crippen LogP) is 11.2. The van der Waals surface area contributed by atoms with Crippen molar-refractivity contribution in [2.75, 3.05) is 0 Å². The monoisotopic (exact) mass is 510 g/mol. The van der Waals surface area contributed by atoms with Gasteiger partial charge in [0.15, 0.2) is 0 Å². The standard InChI is InChI=1S/C38H22S/c1-2-13-34-31(11-1)32-12-5-10-28-21-29(22-35(39-34)37(28)32)26-8-4-9-27(20-26)30-18-16-25-15-14-23-6-3-7-24-17-19-33(30)38(25)36(23)24/h1-22H. The Hall–Kier alpha value is -4.59. The van der Waals surface area contributed by atoms with Crippen LogP contribution in [0.1, 0.15) is 0 Å². The van der Waals surface area contributed by atoms with E-state index in [2.05, 4.69) is 133 Å². The second-order valence-electron chi connectivity index (χ2n) is 10.5. The summed E-state index contributed by atoms with van der Waals surface area (Å²) in [4.78, 5) is 2.67. The molecule has 180 valence electrons. The fraction of sp³-hybridized carbons (Fsp3) is 0. The van der Waals surface area contributed by atoms with Gasteiger partial charge < -0.3 is 0 Å². The van der Waals surface area contributed by atoms with Crippen LogP contribution in [0.3, 0.4) is 0 Å². The maximum Gasteiger partial charge on any atom is 0.0213 e. The van der Waals surface area contributed by atoms with Crippen molar-refractivity contribution in [1.82, 2.24) is 0 Å². The van der Waals surface area contributed by atoms with Crippen molar-refractivity contribution in [3.63, 3.8) is 0 Å². The molecule has 0 bridgehead atoms. The van der Waals surface area contributed by atoms with Crippen molar-refractivity contribution in [3.05, 3.63) is 133 Å². The fourth-order valence-corrected chi connectivity index (χ4v) is 7.80. The molecular weight excluding hydrogens is 488 g/mol. The van der Waals surface area contributed by atoms with Crippen molar-refractivity contribution < 1.29 is 0 Å². The highest BCUT2D eigenvalue weighted by molar-refractivity contribution is 7.99. The first-order valence-electron chi connectivity index (χ1n) is 13.4. The van der Waals surface area contributed by atoms with Gasteiger partial charge >= 0.3 is 0 Å². The van der Waals surface area contributed by atoms with Crippen molar-refractivity contribution in [1.29, 1.82) is 0 Å². The van der Waals surface area contributed by atoms with Crippen LogP contribution in [0.15, 0.2) is 143 Å². The average Bonchev–Trinajstić information content (AvgIpc) is 3.00. The number of hydrogen-bond acceptors (Lipinski definition) is 1. The minimum absolute atomic E-state index is 1.25. The van der Waals surface area contributed by atoms with E-state index >= 15 is 0 Å². The topological polar surface area (TPSA) is 0 Å². The Bertz CT molecular complexity index is 2240. The van der Waals surface area contributed by atoms with Gasteiger partial charge in [0.1, 0.15) is 0 Å². The lowest BCUT2D eigenvalue weighted by Gasteiger charge is -2.21. The molecule has 1 heteroatoms. The molecule has 1 aliphatic heterocycles. The summed E-state index contributed by atoms with van der Waals surface area (Å²) in [6.45, 7) is 0. The highest BCUT2D eigenvalue weighted by atomic mass is 32.2. The number of benzene rings is 8. The molecule has 0 aromatic heterocycles. The van der Waals surface area contributed by atoms with E-state index in [4.69, 9.17) is 0 Å². The van der Waals surface area contributed by atoms with Gasteiger partial charge in [-0.05, 0) is 95.3 Å². The van der Waals surface area contributed by atoms with E-state index in [-0.39, 0.29) is 0 Å². The molecule has 9 rings (SSSR count). The SMILES string of the molecule is c1cc(-c2cc3c4c(cccc4c2)-c2ccccc2S3)cc(-c2ccc3ccc4cccc5ccc2c3c45)c1. The molecule has 0 N–H and O–H groups in total. The summed E-state index contributed by atoms with van der Waals surface area (Å²) in [6, 6.07) is 49.6. The normalized spacial score (nSPS) is 12.5. The van der Waals surface area contributed by atoms with Crippen LogP contribution in [0.4, 0.5) is 0 Å². The summed E-state index contributed by atoms with van der Waals surface area (Å²) in [5.41, 5.74) is 7.73. The highest BCUT2D eigenvalue weighted by Gasteiger charge is 2.20. The van der Waals surface area contributed by atoms with Crippen LogP contribution in [-0.2, 0) is 0 Å². The van der Waals surface area contributed by atoms with Crippen LogP contribution in [0.25, 0.3) is 76.5 Å². The quantitative estimate of drug-likeness (QED) is 0.208. The second kappa shape index (κ2) is 7.96. The van der Waals surface area contributed by atoms with Gasteiger partial charge in [-0.2, -0.15) is 0 Å². The molecule has 8 aromatic carbocycles. The maximum absolute atomic E-state index is 2.38. The summed E-state index contributed by atoms with van der Waals surface area (Å²) < 4.78 is 0. The van der Waals surface area contributed by atoms with Crippen molar-refractivity contribution in [2.24, 2.45) is 0 Å². The van der Waals surface area contributed by atoms with Crippen LogP contribution >= 0.6 is 11.8 Å². The number of hydrogen-bond donors (Lipinski definition) is 0. The third-order valence-corrected chi connectivity index (χ3v) is 9.49. The summed E-state index contributed by atoms with van der Waals surface area (Å²) in [6.07, 6.45) is 0. The van der Waals surface area contributed by atoms with Crippen LogP contribution in [0.2, 0.25) is 0 Å². The van der Waals surface area contributed by atoms with Gasteiger partial charge in [-0.3, -0.25) is 0 Å². The van der Waals surface area contributed by atoms with E-state index in [9.17, 15) is 0 Å². The Morgan fingerprint density at radius 1 is 0.333 bits per heavy atom. The maximum atomic E-state index is 2.38. The molecular formula is C38H22S. The van der Waals surface area contributed by atoms with Crippen molar-refractivity contribution in [2.45, 2.75) is 9.79 Å². The van der Waals surface area contributed by atoms with Crippen molar-refractivity contribution >= 4 is 54.9 Å². The van der Waals surface area contributed by atoms with E-state index in [1.54, 1.807) is 0 Å². The highest BCUT2D eigenvalue weighted by Crippen LogP contribution is 2.49. The zero-order chi connectivity index (χ0) is 25.5. The van der Waals surface area contributed by atoms with Gasteiger partial charge in [-0.25, -0.2) is 0 Å². The molecule has 0 radical (unpaired) electrons. The molecule has 39 heavy (non-hydrogen) atoms. The Morgan fingerprint density at radius 3 is 1.95 bits per heavy atom. The zero-order valence-electron chi connectivity index (χ0n) is 21.1. The molecule has 0 atom stereocenters. The second-order valence-corrected chi connectivity index (χ2v) is 11.6. The van der Waals surface area contributed by atoms with E-state index in [0.717, 1.165) is 0 Å². The number of fused-ring (bicyclic) bond motifs is 2. The van der Waals surface area contributed by atoms with Crippen LogP contribution in [0.5, 0.6) is 0 Å². The Morgan fingerprint density at radius 2 is 1.03 bits per heavy atom. The minimum atomic E-state index is 1.25. The molecule has 0 saturated heterocycles. The molecule has 1 aliphatic rings. The Labute approximate surface area is 230 Å². The van der Waals surface area contributed by atoms with Gasteiger partial charge in [-0.1, -0.05) is 121 Å². The van der Waals surface area contributed by atoms with E-state index < -0.39 is 0 Å². The van der Waals surface area contributed by atoms with Gasteiger partial charge in [0, 0.05) is 15.2 Å². The molecule has 0 aliphatic carbocycles. The zero-order valence-corrected chi connectivity index (χ0v) is 21.9. The molecule has 0 fully saturated rings. The van der Waals surface area contributed by atoms with Crippen LogP contribution < -0.4 is 0 Å². The smallest absolute Gasteiger partial charge is 0.0213 e. The Balaban J connectivity index is 1.24. The fourth-order valence-electron chi connectivity index (χ4n) is 6.61. The molecule has 0 amide bonds. The predicted molar refractivity (Wildman–Crippen MR) is 168 cm³/mol. The lowest BCUT2D eigenvalue weighted by molar-refractivity contribution is 1.40. The summed E-state index contributed by atoms with van der Waals surface area (Å²) in [7, 11) is 0. The molecule has 0 unspecified atom stereocenters. The van der Waals surface area contributed by atoms with E-state index in [1.807, 2.05) is 11.8 Å². The van der Waals surface area contributed by atoms with Crippen molar-refractivity contribution in [3.8, 4) is 33.4 Å².